The van der Waals surface area contributed by atoms with E-state index in [9.17, 15) is 4.79 Å². The molecule has 0 aliphatic carbocycles. The van der Waals surface area contributed by atoms with Gasteiger partial charge >= 0.3 is 5.97 Å². The van der Waals surface area contributed by atoms with Crippen molar-refractivity contribution in [3.63, 3.8) is 0 Å². The number of rotatable bonds is 6. The van der Waals surface area contributed by atoms with Crippen molar-refractivity contribution < 1.29 is 30.7 Å². The first-order chi connectivity index (χ1) is 5.31. The Labute approximate surface area is 88.3 Å². The summed E-state index contributed by atoms with van der Waals surface area (Å²) in [6.07, 6.45) is 6.13. The fraction of sp³-hybridized carbons (Fsp3) is 0.875. The Kier molecular flexibility index (Phi) is 13.6. The fourth-order valence-electron chi connectivity index (χ4n) is 0.932. The van der Waals surface area contributed by atoms with E-state index in [1.165, 1.54) is 19.3 Å². The first kappa shape index (κ1) is 14.6. The van der Waals surface area contributed by atoms with Crippen LogP contribution in [0.4, 0.5) is 0 Å². The number of nitrogens with two attached hydrogens (primary N) is 1. The summed E-state index contributed by atoms with van der Waals surface area (Å²) in [7, 11) is 0. The van der Waals surface area contributed by atoms with Crippen LogP contribution in [0.5, 0.6) is 0 Å². The second-order valence-corrected chi connectivity index (χ2v) is 2.65. The fourth-order valence-corrected chi connectivity index (χ4v) is 0.932. The molecule has 0 amide bonds. The average Bonchev–Trinajstić information content (AvgIpc) is 2.04. The zero-order valence-corrected chi connectivity index (χ0v) is 9.72. The molecule has 0 bridgehead atoms. The quantitative estimate of drug-likeness (QED) is 0.584. The van der Waals surface area contributed by atoms with Gasteiger partial charge < -0.3 is 4.84 Å². The molecule has 2 N–H and O–H groups in total. The molecule has 0 aromatic heterocycles. The van der Waals surface area contributed by atoms with Crippen molar-refractivity contribution in [2.45, 2.75) is 45.4 Å². The van der Waals surface area contributed by atoms with Crippen LogP contribution < -0.4 is 5.90 Å². The third kappa shape index (κ3) is 10.1. The van der Waals surface area contributed by atoms with Gasteiger partial charge in [0, 0.05) is 27.5 Å². The molecule has 0 fully saturated rings. The summed E-state index contributed by atoms with van der Waals surface area (Å²) in [5.41, 5.74) is 0. The minimum absolute atomic E-state index is 0. The molecular formula is C8H17NO2Pt. The predicted molar refractivity (Wildman–Crippen MR) is 43.7 cm³/mol. The molecule has 0 aliphatic rings. The molecular weight excluding hydrogens is 337 g/mol. The molecule has 4 heteroatoms. The molecule has 0 saturated heterocycles. The standard InChI is InChI=1S/C8H17NO2.Pt/c1-2-3-4-5-6-7-8(10)11-9;/h2-7,9H2,1H3;. The van der Waals surface area contributed by atoms with E-state index >= 15 is 0 Å². The number of hydrogen-bond acceptors (Lipinski definition) is 3. The molecule has 0 spiro atoms. The molecule has 0 saturated carbocycles. The van der Waals surface area contributed by atoms with Gasteiger partial charge in [-0.2, -0.15) is 5.90 Å². The van der Waals surface area contributed by atoms with Gasteiger partial charge in [0.25, 0.3) is 0 Å². The van der Waals surface area contributed by atoms with Crippen LogP contribution in [0.25, 0.3) is 0 Å². The van der Waals surface area contributed by atoms with E-state index in [4.69, 9.17) is 0 Å². The van der Waals surface area contributed by atoms with Crippen LogP contribution in [-0.2, 0) is 30.7 Å². The van der Waals surface area contributed by atoms with Crippen molar-refractivity contribution in [2.24, 2.45) is 5.90 Å². The van der Waals surface area contributed by atoms with E-state index in [-0.39, 0.29) is 27.0 Å². The molecule has 0 heterocycles. The van der Waals surface area contributed by atoms with Crippen LogP contribution in [-0.4, -0.2) is 5.97 Å². The molecule has 0 unspecified atom stereocenters. The van der Waals surface area contributed by atoms with Gasteiger partial charge in [-0.1, -0.05) is 32.6 Å². The minimum Gasteiger partial charge on any atom is -0.373 e. The minimum atomic E-state index is -0.304. The van der Waals surface area contributed by atoms with Crippen molar-refractivity contribution in [2.75, 3.05) is 0 Å². The number of unbranched alkanes of at least 4 members (excludes halogenated alkanes) is 4. The Morgan fingerprint density at radius 1 is 1.25 bits per heavy atom. The molecule has 3 nitrogen and oxygen atoms in total. The van der Waals surface area contributed by atoms with Crippen LogP contribution in [0.15, 0.2) is 0 Å². The Morgan fingerprint density at radius 3 is 2.33 bits per heavy atom. The smallest absolute Gasteiger partial charge is 0.324 e. The molecule has 12 heavy (non-hydrogen) atoms. The van der Waals surface area contributed by atoms with E-state index in [1.807, 2.05) is 0 Å². The number of carbonyl (C=O) groups excluding carboxylic acids is 1. The SMILES string of the molecule is CCCCCCCC(=O)ON.[Pt]. The Bertz CT molecular complexity index is 109. The van der Waals surface area contributed by atoms with Gasteiger partial charge in [0.05, 0.1) is 0 Å². The molecule has 0 rings (SSSR count). The van der Waals surface area contributed by atoms with Gasteiger partial charge in [0.15, 0.2) is 0 Å². The zero-order valence-electron chi connectivity index (χ0n) is 7.45. The molecule has 0 aromatic rings. The summed E-state index contributed by atoms with van der Waals surface area (Å²) in [5, 5.41) is 0. The molecule has 0 aromatic carbocycles. The first-order valence-corrected chi connectivity index (χ1v) is 4.20. The van der Waals surface area contributed by atoms with Crippen molar-refractivity contribution in [1.29, 1.82) is 0 Å². The van der Waals surface area contributed by atoms with E-state index in [1.54, 1.807) is 0 Å². The topological polar surface area (TPSA) is 52.3 Å². The van der Waals surface area contributed by atoms with Gasteiger partial charge in [0.1, 0.15) is 0 Å². The maximum atomic E-state index is 10.5. The van der Waals surface area contributed by atoms with Gasteiger partial charge in [-0.25, -0.2) is 0 Å². The largest absolute Gasteiger partial charge is 0.373 e. The number of carbonyl (C=O) groups is 1. The molecule has 0 aliphatic heterocycles. The van der Waals surface area contributed by atoms with Gasteiger partial charge in [0.2, 0.25) is 0 Å². The van der Waals surface area contributed by atoms with Crippen LogP contribution in [0.1, 0.15) is 45.4 Å². The first-order valence-electron chi connectivity index (χ1n) is 4.20. The second kappa shape index (κ2) is 11.1. The maximum Gasteiger partial charge on any atom is 0.324 e. The Balaban J connectivity index is 0. The molecule has 0 atom stereocenters. The van der Waals surface area contributed by atoms with Crippen LogP contribution in [0.3, 0.4) is 0 Å². The van der Waals surface area contributed by atoms with Crippen molar-refractivity contribution in [3.05, 3.63) is 0 Å². The third-order valence-electron chi connectivity index (χ3n) is 1.62. The summed E-state index contributed by atoms with van der Waals surface area (Å²) in [4.78, 5) is 14.5. The zero-order chi connectivity index (χ0) is 8.53. The van der Waals surface area contributed by atoms with Gasteiger partial charge in [-0.05, 0) is 6.42 Å². The van der Waals surface area contributed by atoms with Crippen LogP contribution in [0.2, 0.25) is 0 Å². The molecule has 76 valence electrons. The summed E-state index contributed by atoms with van der Waals surface area (Å²) < 4.78 is 0. The van der Waals surface area contributed by atoms with Crippen molar-refractivity contribution in [1.82, 2.24) is 0 Å². The Morgan fingerprint density at radius 2 is 1.83 bits per heavy atom. The van der Waals surface area contributed by atoms with E-state index in [2.05, 4.69) is 17.7 Å². The van der Waals surface area contributed by atoms with Crippen molar-refractivity contribution >= 4 is 5.97 Å². The third-order valence-corrected chi connectivity index (χ3v) is 1.62. The monoisotopic (exact) mass is 354 g/mol. The van der Waals surface area contributed by atoms with E-state index in [0.29, 0.717) is 6.42 Å². The second-order valence-electron chi connectivity index (χ2n) is 2.65. The van der Waals surface area contributed by atoms with Crippen molar-refractivity contribution in [3.8, 4) is 0 Å². The maximum absolute atomic E-state index is 10.5. The van der Waals surface area contributed by atoms with E-state index in [0.717, 1.165) is 12.8 Å². The van der Waals surface area contributed by atoms with E-state index < -0.39 is 0 Å². The molecule has 0 radical (unpaired) electrons. The predicted octanol–water partition coefficient (Wildman–Crippen LogP) is 1.76. The Hall–Kier alpha value is 0.118. The van der Waals surface area contributed by atoms with Crippen LogP contribution in [0, 0.1) is 0 Å². The summed E-state index contributed by atoms with van der Waals surface area (Å²) in [6.45, 7) is 2.16. The normalized spacial score (nSPS) is 8.83. The number of hydrogen-bond donors (Lipinski definition) is 1. The van der Waals surface area contributed by atoms with Gasteiger partial charge in [-0.3, -0.25) is 4.79 Å². The van der Waals surface area contributed by atoms with Gasteiger partial charge in [-0.15, -0.1) is 0 Å². The summed E-state index contributed by atoms with van der Waals surface area (Å²) in [5.74, 6) is 4.36. The average molecular weight is 354 g/mol. The summed E-state index contributed by atoms with van der Waals surface area (Å²) in [6, 6.07) is 0. The summed E-state index contributed by atoms with van der Waals surface area (Å²) >= 11 is 0. The van der Waals surface area contributed by atoms with Crippen LogP contribution >= 0.6 is 0 Å².